The number of nitrogens with zero attached hydrogens (tertiary/aromatic N) is 2. The van der Waals surface area contributed by atoms with E-state index in [1.165, 1.54) is 0 Å². The van der Waals surface area contributed by atoms with E-state index in [1.54, 1.807) is 13.0 Å². The van der Waals surface area contributed by atoms with Crippen LogP contribution in [-0.4, -0.2) is 14.9 Å². The summed E-state index contributed by atoms with van der Waals surface area (Å²) in [6.07, 6.45) is 5.98. The van der Waals surface area contributed by atoms with Crippen LogP contribution in [0.3, 0.4) is 0 Å². The van der Waals surface area contributed by atoms with Crippen LogP contribution in [0.5, 0.6) is 0 Å². The number of ketones is 1. The SMILES string of the molecule is CC(=O)C=C(c1cn(C)c2ccccc12)c1cn(C)c2ccccc12. The van der Waals surface area contributed by atoms with Crippen molar-refractivity contribution in [3.63, 3.8) is 0 Å². The standard InChI is InChI=1S/C22H20N2O/c1-15(25)12-18(19-13-23(2)21-10-6-4-8-16(19)21)20-14-24(3)22-11-7-5-9-17(20)22/h4-14H,1-3H3. The molecule has 0 radical (unpaired) electrons. The highest BCUT2D eigenvalue weighted by molar-refractivity contribution is 6.09. The lowest BCUT2D eigenvalue weighted by Crippen LogP contribution is -1.92. The molecule has 0 bridgehead atoms. The van der Waals surface area contributed by atoms with Gasteiger partial charge in [0, 0.05) is 59.4 Å². The number of hydrogen-bond acceptors (Lipinski definition) is 1. The predicted octanol–water partition coefficient (Wildman–Crippen LogP) is 4.69. The number of carbonyl (C=O) groups excluding carboxylic acids is 1. The van der Waals surface area contributed by atoms with Crippen molar-refractivity contribution in [1.82, 2.24) is 9.13 Å². The van der Waals surface area contributed by atoms with Gasteiger partial charge in [0.1, 0.15) is 0 Å². The number of allylic oxidation sites excluding steroid dienone is 1. The van der Waals surface area contributed by atoms with E-state index in [-0.39, 0.29) is 5.78 Å². The van der Waals surface area contributed by atoms with E-state index in [0.29, 0.717) is 0 Å². The summed E-state index contributed by atoms with van der Waals surface area (Å²) in [4.78, 5) is 12.0. The second-order valence-electron chi connectivity index (χ2n) is 6.51. The second kappa shape index (κ2) is 5.78. The third kappa shape index (κ3) is 2.49. The molecule has 0 fully saturated rings. The zero-order valence-electron chi connectivity index (χ0n) is 14.7. The number of carbonyl (C=O) groups is 1. The molecular weight excluding hydrogens is 308 g/mol. The van der Waals surface area contributed by atoms with Crippen molar-refractivity contribution in [2.24, 2.45) is 14.1 Å². The van der Waals surface area contributed by atoms with E-state index >= 15 is 0 Å². The van der Waals surface area contributed by atoms with Crippen LogP contribution in [0.25, 0.3) is 27.4 Å². The van der Waals surface area contributed by atoms with Crippen LogP contribution in [0.15, 0.2) is 67.0 Å². The van der Waals surface area contributed by atoms with Crippen LogP contribution in [0.1, 0.15) is 18.1 Å². The average molecular weight is 328 g/mol. The molecule has 0 aliphatic rings. The minimum absolute atomic E-state index is 0.0517. The fourth-order valence-corrected chi connectivity index (χ4v) is 3.62. The Morgan fingerprint density at radius 1 is 0.800 bits per heavy atom. The molecule has 4 rings (SSSR count). The van der Waals surface area contributed by atoms with E-state index in [4.69, 9.17) is 0 Å². The number of benzene rings is 2. The normalized spacial score (nSPS) is 11.2. The molecule has 0 atom stereocenters. The van der Waals surface area contributed by atoms with Gasteiger partial charge in [-0.25, -0.2) is 0 Å². The largest absolute Gasteiger partial charge is 0.350 e. The third-order valence-corrected chi connectivity index (χ3v) is 4.72. The molecule has 0 spiro atoms. The van der Waals surface area contributed by atoms with Crippen LogP contribution in [-0.2, 0) is 18.9 Å². The molecule has 4 aromatic rings. The lowest BCUT2D eigenvalue weighted by atomic mass is 9.96. The molecule has 2 aromatic heterocycles. The molecular formula is C22H20N2O. The zero-order valence-corrected chi connectivity index (χ0v) is 14.7. The molecule has 0 amide bonds. The number of para-hydroxylation sites is 2. The van der Waals surface area contributed by atoms with Crippen LogP contribution >= 0.6 is 0 Å². The fraction of sp³-hybridized carbons (Fsp3) is 0.136. The monoisotopic (exact) mass is 328 g/mol. The molecule has 0 N–H and O–H groups in total. The molecule has 25 heavy (non-hydrogen) atoms. The molecule has 0 aliphatic carbocycles. The van der Waals surface area contributed by atoms with Gasteiger partial charge >= 0.3 is 0 Å². The first kappa shape index (κ1) is 15.5. The summed E-state index contributed by atoms with van der Waals surface area (Å²) in [5.41, 5.74) is 5.47. The maximum absolute atomic E-state index is 12.0. The van der Waals surface area contributed by atoms with E-state index in [2.05, 4.69) is 45.8 Å². The van der Waals surface area contributed by atoms with Gasteiger partial charge in [0.15, 0.2) is 5.78 Å². The first-order valence-electron chi connectivity index (χ1n) is 8.37. The Morgan fingerprint density at radius 3 is 1.68 bits per heavy atom. The summed E-state index contributed by atoms with van der Waals surface area (Å²) >= 11 is 0. The Hall–Kier alpha value is -3.07. The summed E-state index contributed by atoms with van der Waals surface area (Å²) < 4.78 is 4.23. The smallest absolute Gasteiger partial charge is 0.153 e. The van der Waals surface area contributed by atoms with Gasteiger partial charge in [-0.2, -0.15) is 0 Å². The highest BCUT2D eigenvalue weighted by Gasteiger charge is 2.17. The Labute approximate surface area is 146 Å². The highest BCUT2D eigenvalue weighted by atomic mass is 16.1. The molecule has 2 heterocycles. The number of aryl methyl sites for hydroxylation is 2. The first-order chi connectivity index (χ1) is 12.1. The minimum Gasteiger partial charge on any atom is -0.350 e. The number of rotatable bonds is 3. The van der Waals surface area contributed by atoms with Crippen molar-refractivity contribution < 1.29 is 4.79 Å². The Morgan fingerprint density at radius 2 is 1.24 bits per heavy atom. The molecule has 0 saturated carbocycles. The van der Waals surface area contributed by atoms with Gasteiger partial charge in [0.05, 0.1) is 0 Å². The number of fused-ring (bicyclic) bond motifs is 2. The van der Waals surface area contributed by atoms with Crippen molar-refractivity contribution >= 4 is 33.2 Å². The maximum atomic E-state index is 12.0. The maximum Gasteiger partial charge on any atom is 0.153 e. The van der Waals surface area contributed by atoms with Crippen molar-refractivity contribution in [3.8, 4) is 0 Å². The van der Waals surface area contributed by atoms with Crippen LogP contribution in [0.4, 0.5) is 0 Å². The summed E-state index contributed by atoms with van der Waals surface area (Å²) in [5, 5.41) is 2.32. The lowest BCUT2D eigenvalue weighted by molar-refractivity contribution is -0.112. The van der Waals surface area contributed by atoms with Gasteiger partial charge in [-0.15, -0.1) is 0 Å². The zero-order chi connectivity index (χ0) is 17.6. The highest BCUT2D eigenvalue weighted by Crippen LogP contribution is 2.35. The third-order valence-electron chi connectivity index (χ3n) is 4.72. The minimum atomic E-state index is 0.0517. The topological polar surface area (TPSA) is 26.9 Å². The molecule has 124 valence electrons. The van der Waals surface area contributed by atoms with Crippen molar-refractivity contribution in [3.05, 3.63) is 78.1 Å². The predicted molar refractivity (Wildman–Crippen MR) is 104 cm³/mol. The summed E-state index contributed by atoms with van der Waals surface area (Å²) in [7, 11) is 4.08. The second-order valence-corrected chi connectivity index (χ2v) is 6.51. The van der Waals surface area contributed by atoms with Crippen molar-refractivity contribution in [2.75, 3.05) is 0 Å². The van der Waals surface area contributed by atoms with Crippen molar-refractivity contribution in [2.45, 2.75) is 6.92 Å². The Kier molecular flexibility index (Phi) is 3.57. The summed E-state index contributed by atoms with van der Waals surface area (Å²) in [6, 6.07) is 16.6. The molecule has 3 heteroatoms. The van der Waals surface area contributed by atoms with Crippen LogP contribution in [0, 0.1) is 0 Å². The summed E-state index contributed by atoms with van der Waals surface area (Å²) in [6.45, 7) is 1.61. The Bertz CT molecular complexity index is 1060. The molecule has 2 aromatic carbocycles. The summed E-state index contributed by atoms with van der Waals surface area (Å²) in [5.74, 6) is 0.0517. The molecule has 3 nitrogen and oxygen atoms in total. The van der Waals surface area contributed by atoms with E-state index in [9.17, 15) is 4.79 Å². The average Bonchev–Trinajstić information content (AvgIpc) is 3.12. The van der Waals surface area contributed by atoms with Gasteiger partial charge in [0.25, 0.3) is 0 Å². The van der Waals surface area contributed by atoms with E-state index in [1.807, 2.05) is 38.4 Å². The molecule has 0 saturated heterocycles. The van der Waals surface area contributed by atoms with Gasteiger partial charge in [-0.3, -0.25) is 4.79 Å². The number of aromatic nitrogens is 2. The molecule has 0 unspecified atom stereocenters. The number of hydrogen-bond donors (Lipinski definition) is 0. The van der Waals surface area contributed by atoms with Gasteiger partial charge in [0.2, 0.25) is 0 Å². The van der Waals surface area contributed by atoms with Crippen molar-refractivity contribution in [1.29, 1.82) is 0 Å². The molecule has 0 aliphatic heterocycles. The van der Waals surface area contributed by atoms with Gasteiger partial charge in [-0.05, 0) is 30.7 Å². The van der Waals surface area contributed by atoms with Gasteiger partial charge < -0.3 is 9.13 Å². The fourth-order valence-electron chi connectivity index (χ4n) is 3.62. The first-order valence-corrected chi connectivity index (χ1v) is 8.37. The Balaban J connectivity index is 2.06. The lowest BCUT2D eigenvalue weighted by Gasteiger charge is -2.06. The van der Waals surface area contributed by atoms with E-state index in [0.717, 1.165) is 38.5 Å². The van der Waals surface area contributed by atoms with Crippen LogP contribution in [0.2, 0.25) is 0 Å². The quantitative estimate of drug-likeness (QED) is 0.501. The van der Waals surface area contributed by atoms with Crippen LogP contribution < -0.4 is 0 Å². The van der Waals surface area contributed by atoms with E-state index < -0.39 is 0 Å². The van der Waals surface area contributed by atoms with Gasteiger partial charge in [-0.1, -0.05) is 36.4 Å².